The predicted octanol–water partition coefficient (Wildman–Crippen LogP) is 15.5. The first-order valence-electron chi connectivity index (χ1n) is 20.4. The second kappa shape index (κ2) is 14.3. The summed E-state index contributed by atoms with van der Waals surface area (Å²) in [5, 5.41) is 5.25. The van der Waals surface area contributed by atoms with E-state index in [1.54, 1.807) is 0 Å². The van der Waals surface area contributed by atoms with E-state index in [4.69, 9.17) is 0 Å². The van der Waals surface area contributed by atoms with Crippen molar-refractivity contribution in [2.45, 2.75) is 98.8 Å². The van der Waals surface area contributed by atoms with Crippen molar-refractivity contribution in [2.24, 2.45) is 5.41 Å². The lowest BCUT2D eigenvalue weighted by molar-refractivity contribution is 0.303. The number of para-hydroxylation sites is 1. The molecule has 0 aliphatic rings. The largest absolute Gasteiger partial charge is 0.309 e. The van der Waals surface area contributed by atoms with E-state index in [1.807, 2.05) is 0 Å². The number of benzene rings is 6. The lowest BCUT2D eigenvalue weighted by Gasteiger charge is -2.31. The maximum atomic E-state index is 2.48. The maximum Gasteiger partial charge on any atom is 0.0541 e. The summed E-state index contributed by atoms with van der Waals surface area (Å²) in [6, 6.07) is 48.8. The first kappa shape index (κ1) is 35.9. The molecule has 0 saturated carbocycles. The number of fused-ring (bicyclic) bond motifs is 6. The van der Waals surface area contributed by atoms with Gasteiger partial charge in [-0.2, -0.15) is 0 Å². The van der Waals surface area contributed by atoms with Crippen LogP contribution in [0.5, 0.6) is 0 Å². The highest BCUT2D eigenvalue weighted by Crippen LogP contribution is 2.42. The summed E-state index contributed by atoms with van der Waals surface area (Å²) in [5.41, 5.74) is 14.4. The third kappa shape index (κ3) is 6.24. The molecule has 274 valence electrons. The molecule has 0 aliphatic heterocycles. The van der Waals surface area contributed by atoms with Gasteiger partial charge in [0.2, 0.25) is 0 Å². The fourth-order valence-corrected chi connectivity index (χ4v) is 8.90. The second-order valence-electron chi connectivity index (χ2n) is 16.9. The smallest absolute Gasteiger partial charge is 0.0541 e. The second-order valence-corrected chi connectivity index (χ2v) is 16.9. The molecule has 6 aromatic carbocycles. The van der Waals surface area contributed by atoms with Crippen LogP contribution in [-0.2, 0) is 0 Å². The zero-order chi connectivity index (χ0) is 37.7. The van der Waals surface area contributed by atoms with Gasteiger partial charge in [-0.25, -0.2) is 0 Å². The van der Waals surface area contributed by atoms with Crippen molar-refractivity contribution in [1.82, 2.24) is 9.13 Å². The van der Waals surface area contributed by atoms with Gasteiger partial charge < -0.3 is 9.13 Å². The summed E-state index contributed by atoms with van der Waals surface area (Å²) in [4.78, 5) is 0. The summed E-state index contributed by atoms with van der Waals surface area (Å²) in [5.74, 6) is 1.56. The van der Waals surface area contributed by atoms with E-state index in [0.29, 0.717) is 17.8 Å². The van der Waals surface area contributed by atoms with Gasteiger partial charge in [-0.15, -0.1) is 0 Å². The Kier molecular flexibility index (Phi) is 9.51. The van der Waals surface area contributed by atoms with Gasteiger partial charge in [0.05, 0.1) is 22.1 Å². The molecule has 2 aromatic heterocycles. The van der Waals surface area contributed by atoms with Gasteiger partial charge in [0.1, 0.15) is 0 Å². The van der Waals surface area contributed by atoms with Crippen LogP contribution in [-0.4, -0.2) is 9.13 Å². The Hall–Kier alpha value is -5.08. The molecule has 0 radical (unpaired) electrons. The van der Waals surface area contributed by atoms with Gasteiger partial charge in [-0.3, -0.25) is 0 Å². The minimum absolute atomic E-state index is 0.225. The Labute approximate surface area is 322 Å². The molecule has 0 amide bonds. The Balaban J connectivity index is 1.31. The molecular formula is C52H56N2. The molecule has 0 N–H and O–H groups in total. The summed E-state index contributed by atoms with van der Waals surface area (Å²) < 4.78 is 4.91. The van der Waals surface area contributed by atoms with Crippen molar-refractivity contribution in [3.63, 3.8) is 0 Å². The lowest BCUT2D eigenvalue weighted by atomic mass is 9.74. The van der Waals surface area contributed by atoms with Crippen molar-refractivity contribution in [3.8, 4) is 22.5 Å². The molecule has 2 heterocycles. The van der Waals surface area contributed by atoms with Gasteiger partial charge in [-0.05, 0) is 143 Å². The molecule has 0 saturated heterocycles. The SMILES string of the molecule is CCCC(c1ccc(-n2c3ccc(-c4ccc5c(c4)c4cc(C(C)CC)ccc4n5-c4ccccc4)cc3c3cc(C(C)CC)ccc32)cc1)C(C)(C)C. The highest BCUT2D eigenvalue weighted by atomic mass is 15.0. The zero-order valence-electron chi connectivity index (χ0n) is 33.6. The average molecular weight is 709 g/mol. The van der Waals surface area contributed by atoms with Crippen LogP contribution < -0.4 is 0 Å². The third-order valence-corrected chi connectivity index (χ3v) is 12.5. The lowest BCUT2D eigenvalue weighted by Crippen LogP contribution is -2.18. The summed E-state index contributed by atoms with van der Waals surface area (Å²) in [6.07, 6.45) is 4.65. The molecule has 0 aliphatic carbocycles. The van der Waals surface area contributed by atoms with Crippen LogP contribution in [0, 0.1) is 5.41 Å². The van der Waals surface area contributed by atoms with Crippen LogP contribution in [0.1, 0.15) is 116 Å². The number of rotatable bonds is 10. The van der Waals surface area contributed by atoms with Crippen molar-refractivity contribution in [2.75, 3.05) is 0 Å². The van der Waals surface area contributed by atoms with Crippen LogP contribution in [0.25, 0.3) is 66.1 Å². The van der Waals surface area contributed by atoms with Crippen molar-refractivity contribution < 1.29 is 0 Å². The number of aromatic nitrogens is 2. The molecule has 0 fully saturated rings. The van der Waals surface area contributed by atoms with E-state index in [0.717, 1.165) is 12.8 Å². The van der Waals surface area contributed by atoms with E-state index in [-0.39, 0.29) is 5.41 Å². The molecule has 2 heteroatoms. The molecule has 8 rings (SSSR count). The molecule has 3 unspecified atom stereocenters. The van der Waals surface area contributed by atoms with E-state index in [9.17, 15) is 0 Å². The molecular weight excluding hydrogens is 653 g/mol. The third-order valence-electron chi connectivity index (χ3n) is 12.5. The molecule has 3 atom stereocenters. The number of hydrogen-bond donors (Lipinski definition) is 0. The summed E-state index contributed by atoms with van der Waals surface area (Å²) >= 11 is 0. The Bertz CT molecular complexity index is 2590. The molecule has 2 nitrogen and oxygen atoms in total. The standard InChI is InChI=1S/C52H56N2/c1-9-15-47(52(6,7)8)36-18-24-42(25-19-36)54-49-27-21-38(35(5)11-3)31-44(49)46-33-40(23-29-51(46)54)39-22-28-50-45(32-39)43-30-37(34(4)10-2)20-26-48(43)53(50)41-16-13-12-14-17-41/h12-14,16-35,47H,9-11,15H2,1-8H3. The van der Waals surface area contributed by atoms with Crippen LogP contribution in [0.2, 0.25) is 0 Å². The fraction of sp³-hybridized carbons (Fsp3) is 0.308. The fourth-order valence-electron chi connectivity index (χ4n) is 8.90. The van der Waals surface area contributed by atoms with Crippen LogP contribution in [0.3, 0.4) is 0 Å². The Morgan fingerprint density at radius 2 is 0.870 bits per heavy atom. The monoisotopic (exact) mass is 708 g/mol. The topological polar surface area (TPSA) is 9.86 Å². The molecule has 54 heavy (non-hydrogen) atoms. The highest BCUT2D eigenvalue weighted by Gasteiger charge is 2.26. The van der Waals surface area contributed by atoms with E-state index < -0.39 is 0 Å². The summed E-state index contributed by atoms with van der Waals surface area (Å²) in [6.45, 7) is 18.7. The Morgan fingerprint density at radius 3 is 1.30 bits per heavy atom. The zero-order valence-corrected chi connectivity index (χ0v) is 33.6. The molecule has 0 bridgehead atoms. The molecule has 8 aromatic rings. The minimum atomic E-state index is 0.225. The number of hydrogen-bond acceptors (Lipinski definition) is 0. The maximum absolute atomic E-state index is 2.48. The van der Waals surface area contributed by atoms with Crippen molar-refractivity contribution in [1.29, 1.82) is 0 Å². The van der Waals surface area contributed by atoms with Crippen molar-refractivity contribution in [3.05, 3.63) is 144 Å². The van der Waals surface area contributed by atoms with Crippen LogP contribution in [0.15, 0.2) is 127 Å². The van der Waals surface area contributed by atoms with Gasteiger partial charge >= 0.3 is 0 Å². The minimum Gasteiger partial charge on any atom is -0.309 e. The summed E-state index contributed by atoms with van der Waals surface area (Å²) in [7, 11) is 0. The first-order chi connectivity index (χ1) is 26.1. The van der Waals surface area contributed by atoms with Gasteiger partial charge in [-0.1, -0.05) is 116 Å². The van der Waals surface area contributed by atoms with Crippen LogP contribution in [0.4, 0.5) is 0 Å². The average Bonchev–Trinajstić information content (AvgIpc) is 3.70. The van der Waals surface area contributed by atoms with E-state index in [2.05, 4.69) is 192 Å². The van der Waals surface area contributed by atoms with Gasteiger partial charge in [0, 0.05) is 32.9 Å². The number of nitrogens with zero attached hydrogens (tertiary/aromatic N) is 2. The van der Waals surface area contributed by atoms with Gasteiger partial charge in [0.15, 0.2) is 0 Å². The van der Waals surface area contributed by atoms with E-state index >= 15 is 0 Å². The van der Waals surface area contributed by atoms with E-state index in [1.165, 1.54) is 95.6 Å². The van der Waals surface area contributed by atoms with Gasteiger partial charge in [0.25, 0.3) is 0 Å². The highest BCUT2D eigenvalue weighted by molar-refractivity contribution is 6.13. The predicted molar refractivity (Wildman–Crippen MR) is 235 cm³/mol. The molecule has 0 spiro atoms. The Morgan fingerprint density at radius 1 is 0.463 bits per heavy atom. The van der Waals surface area contributed by atoms with Crippen molar-refractivity contribution >= 4 is 43.6 Å². The normalized spacial score (nSPS) is 14.0. The first-order valence-corrected chi connectivity index (χ1v) is 20.4. The quantitative estimate of drug-likeness (QED) is 0.134. The van der Waals surface area contributed by atoms with Crippen LogP contribution >= 0.6 is 0 Å².